The molecule has 0 unspecified atom stereocenters. The molecule has 9 heteroatoms. The summed E-state index contributed by atoms with van der Waals surface area (Å²) in [6.07, 6.45) is 4.97. The molecule has 0 aliphatic rings. The summed E-state index contributed by atoms with van der Waals surface area (Å²) < 4.78 is 29.9. The lowest BCUT2D eigenvalue weighted by atomic mass is 10.1. The van der Waals surface area contributed by atoms with Crippen molar-refractivity contribution in [3.8, 4) is 0 Å². The molecule has 0 aliphatic carbocycles. The van der Waals surface area contributed by atoms with Gasteiger partial charge in [-0.05, 0) is 54.3 Å². The number of carbonyl (C=O) groups excluding carboxylic acids is 1. The third kappa shape index (κ3) is 5.00. The first kappa shape index (κ1) is 21.6. The fraction of sp³-hybridized carbons (Fsp3) is 0.182. The molecule has 0 saturated heterocycles. The van der Waals surface area contributed by atoms with Gasteiger partial charge in [0.2, 0.25) is 5.91 Å². The molecule has 6 nitrogen and oxygen atoms in total. The van der Waals surface area contributed by atoms with E-state index in [2.05, 4.69) is 4.98 Å². The molecule has 2 aromatic heterocycles. The van der Waals surface area contributed by atoms with Gasteiger partial charge in [0.05, 0.1) is 34.3 Å². The third-order valence-electron chi connectivity index (χ3n) is 4.72. The third-order valence-corrected chi connectivity index (χ3v) is 7.61. The van der Waals surface area contributed by atoms with Crippen molar-refractivity contribution < 1.29 is 17.6 Å². The lowest BCUT2D eigenvalue weighted by Crippen LogP contribution is -2.31. The summed E-state index contributed by atoms with van der Waals surface area (Å²) in [6, 6.07) is 16.3. The van der Waals surface area contributed by atoms with E-state index in [4.69, 9.17) is 4.42 Å². The number of rotatable bonds is 7. The second-order valence-corrected chi connectivity index (χ2v) is 10.9. The maximum Gasteiger partial charge on any atom is 0.233 e. The van der Waals surface area contributed by atoms with Crippen LogP contribution in [0.5, 0.6) is 0 Å². The number of hydrogen-bond donors (Lipinski definition) is 0. The van der Waals surface area contributed by atoms with Crippen molar-refractivity contribution in [1.29, 1.82) is 0 Å². The summed E-state index contributed by atoms with van der Waals surface area (Å²) in [4.78, 5) is 20.8. The number of nitrogens with zero attached hydrogens (tertiary/aromatic N) is 2. The number of sulfone groups is 1. The zero-order valence-electron chi connectivity index (χ0n) is 16.9. The van der Waals surface area contributed by atoms with E-state index in [1.165, 1.54) is 23.7 Å². The van der Waals surface area contributed by atoms with Crippen molar-refractivity contribution in [2.24, 2.45) is 0 Å². The molecule has 0 spiro atoms. The highest BCUT2D eigenvalue weighted by Crippen LogP contribution is 2.32. The number of hydrogen-bond acceptors (Lipinski definition) is 7. The zero-order valence-corrected chi connectivity index (χ0v) is 19.4. The smallest absolute Gasteiger partial charge is 0.233 e. The minimum absolute atomic E-state index is 0.115. The highest BCUT2D eigenvalue weighted by Gasteiger charge is 2.22. The molecule has 0 saturated carbocycles. The Morgan fingerprint density at radius 1 is 1.16 bits per heavy atom. The second-order valence-electron chi connectivity index (χ2n) is 6.98. The molecule has 0 N–H and O–H groups in total. The number of thiazole rings is 1. The van der Waals surface area contributed by atoms with Crippen LogP contribution >= 0.6 is 23.1 Å². The molecule has 2 aromatic carbocycles. The van der Waals surface area contributed by atoms with E-state index in [1.54, 1.807) is 41.1 Å². The minimum Gasteiger partial charge on any atom is -0.467 e. The standard InChI is InChI=1S/C22H20N2O4S3/c1-29-17-7-5-15(6-8-17)12-21(25)24(14-16-4-3-11-28-16)22-23-19-10-9-18(31(2,26)27)13-20(19)30-22/h3-11,13H,12,14H2,1-2H3. The van der Waals surface area contributed by atoms with Gasteiger partial charge in [-0.1, -0.05) is 23.5 Å². The van der Waals surface area contributed by atoms with Gasteiger partial charge in [-0.2, -0.15) is 0 Å². The molecule has 0 atom stereocenters. The molecular weight excluding hydrogens is 452 g/mol. The van der Waals surface area contributed by atoms with Gasteiger partial charge in [0, 0.05) is 11.2 Å². The molecule has 0 radical (unpaired) electrons. The average Bonchev–Trinajstić information content (AvgIpc) is 3.40. The summed E-state index contributed by atoms with van der Waals surface area (Å²) in [5.41, 5.74) is 1.56. The van der Waals surface area contributed by atoms with Crippen LogP contribution in [0.4, 0.5) is 5.13 Å². The first-order valence-corrected chi connectivity index (χ1v) is 13.3. The van der Waals surface area contributed by atoms with E-state index in [-0.39, 0.29) is 23.8 Å². The number of fused-ring (bicyclic) bond motifs is 1. The highest BCUT2D eigenvalue weighted by molar-refractivity contribution is 7.98. The van der Waals surface area contributed by atoms with Gasteiger partial charge in [0.15, 0.2) is 15.0 Å². The van der Waals surface area contributed by atoms with E-state index >= 15 is 0 Å². The molecule has 1 amide bonds. The van der Waals surface area contributed by atoms with Crippen molar-refractivity contribution in [1.82, 2.24) is 4.98 Å². The molecule has 0 fully saturated rings. The van der Waals surface area contributed by atoms with Crippen molar-refractivity contribution in [2.75, 3.05) is 17.4 Å². The molecule has 160 valence electrons. The fourth-order valence-electron chi connectivity index (χ4n) is 3.07. The van der Waals surface area contributed by atoms with Crippen LogP contribution < -0.4 is 4.90 Å². The molecular formula is C22H20N2O4S3. The number of amides is 1. The summed E-state index contributed by atoms with van der Waals surface area (Å²) in [5.74, 6) is 0.526. The van der Waals surface area contributed by atoms with Crippen LogP contribution in [0.25, 0.3) is 10.2 Å². The van der Waals surface area contributed by atoms with Crippen LogP contribution in [0.3, 0.4) is 0 Å². The maximum atomic E-state index is 13.2. The van der Waals surface area contributed by atoms with Crippen LogP contribution in [0.2, 0.25) is 0 Å². The quantitative estimate of drug-likeness (QED) is 0.360. The predicted octanol–water partition coefficient (Wildman–Crippen LogP) is 4.79. The normalized spacial score (nSPS) is 11.7. The fourth-order valence-corrected chi connectivity index (χ4v) is 5.22. The SMILES string of the molecule is CSc1ccc(CC(=O)N(Cc2ccco2)c2nc3ccc(S(C)(=O)=O)cc3s2)cc1. The van der Waals surface area contributed by atoms with Crippen molar-refractivity contribution in [3.05, 3.63) is 72.2 Å². The number of anilines is 1. The van der Waals surface area contributed by atoms with E-state index in [0.29, 0.717) is 21.1 Å². The topological polar surface area (TPSA) is 80.5 Å². The van der Waals surface area contributed by atoms with Gasteiger partial charge in [-0.3, -0.25) is 9.69 Å². The van der Waals surface area contributed by atoms with Crippen molar-refractivity contribution in [2.45, 2.75) is 22.8 Å². The van der Waals surface area contributed by atoms with Crippen LogP contribution in [-0.2, 0) is 27.6 Å². The van der Waals surface area contributed by atoms with E-state index in [9.17, 15) is 13.2 Å². The number of furan rings is 1. The van der Waals surface area contributed by atoms with Crippen molar-refractivity contribution >= 4 is 54.2 Å². The summed E-state index contributed by atoms with van der Waals surface area (Å²) >= 11 is 2.94. The number of benzene rings is 2. The first-order chi connectivity index (χ1) is 14.8. The Hall–Kier alpha value is -2.62. The molecule has 0 bridgehead atoms. The van der Waals surface area contributed by atoms with Gasteiger partial charge in [-0.25, -0.2) is 13.4 Å². The number of aromatic nitrogens is 1. The zero-order chi connectivity index (χ0) is 22.0. The van der Waals surface area contributed by atoms with Gasteiger partial charge in [0.25, 0.3) is 0 Å². The molecule has 4 aromatic rings. The molecule has 4 rings (SSSR count). The Labute approximate surface area is 188 Å². The second kappa shape index (κ2) is 8.86. The molecule has 31 heavy (non-hydrogen) atoms. The monoisotopic (exact) mass is 472 g/mol. The van der Waals surface area contributed by atoms with Crippen LogP contribution in [0.1, 0.15) is 11.3 Å². The van der Waals surface area contributed by atoms with Crippen LogP contribution in [0.15, 0.2) is 75.1 Å². The van der Waals surface area contributed by atoms with Crippen LogP contribution in [-0.4, -0.2) is 31.8 Å². The lowest BCUT2D eigenvalue weighted by Gasteiger charge is -2.19. The Kier molecular flexibility index (Phi) is 6.17. The summed E-state index contributed by atoms with van der Waals surface area (Å²) in [7, 11) is -3.33. The number of thioether (sulfide) groups is 1. The largest absolute Gasteiger partial charge is 0.467 e. The molecule has 2 heterocycles. The lowest BCUT2D eigenvalue weighted by molar-refractivity contribution is -0.118. The Bertz CT molecular complexity index is 1310. The van der Waals surface area contributed by atoms with E-state index < -0.39 is 9.84 Å². The Balaban J connectivity index is 1.67. The van der Waals surface area contributed by atoms with Gasteiger partial charge >= 0.3 is 0 Å². The van der Waals surface area contributed by atoms with E-state index in [1.807, 2.05) is 36.6 Å². The Morgan fingerprint density at radius 2 is 1.94 bits per heavy atom. The number of carbonyl (C=O) groups is 1. The highest BCUT2D eigenvalue weighted by atomic mass is 32.2. The summed E-state index contributed by atoms with van der Waals surface area (Å²) in [5, 5.41) is 0.503. The predicted molar refractivity (Wildman–Crippen MR) is 125 cm³/mol. The maximum absolute atomic E-state index is 13.2. The minimum atomic E-state index is -3.33. The van der Waals surface area contributed by atoms with Crippen molar-refractivity contribution in [3.63, 3.8) is 0 Å². The van der Waals surface area contributed by atoms with Gasteiger partial charge in [0.1, 0.15) is 5.76 Å². The van der Waals surface area contributed by atoms with Crippen LogP contribution in [0, 0.1) is 0 Å². The average molecular weight is 473 g/mol. The molecule has 0 aliphatic heterocycles. The van der Waals surface area contributed by atoms with Gasteiger partial charge < -0.3 is 4.42 Å². The van der Waals surface area contributed by atoms with Gasteiger partial charge in [-0.15, -0.1) is 11.8 Å². The summed E-state index contributed by atoms with van der Waals surface area (Å²) in [6.45, 7) is 0.244. The first-order valence-electron chi connectivity index (χ1n) is 9.40. The van der Waals surface area contributed by atoms with E-state index in [0.717, 1.165) is 10.5 Å². The Morgan fingerprint density at radius 3 is 2.58 bits per heavy atom.